The molecule has 1 fully saturated rings. The third kappa shape index (κ3) is 2.48. The van der Waals surface area contributed by atoms with Crippen LogP contribution >= 0.6 is 0 Å². The second-order valence-corrected chi connectivity index (χ2v) is 2.68. The fraction of sp³-hybridized carbons (Fsp3) is 0.444. The lowest BCUT2D eigenvalue weighted by molar-refractivity contribution is 0.364. The molecule has 0 aromatic heterocycles. The highest BCUT2D eigenvalue weighted by atomic mass is 15.4. The van der Waals surface area contributed by atoms with E-state index < -0.39 is 0 Å². The van der Waals surface area contributed by atoms with E-state index in [1.807, 2.05) is 12.2 Å². The topological polar surface area (TPSA) is 6.48 Å². The maximum Gasteiger partial charge on any atom is 0.0927 e. The van der Waals surface area contributed by atoms with E-state index in [4.69, 9.17) is 0 Å². The van der Waals surface area contributed by atoms with E-state index in [0.29, 0.717) is 0 Å². The van der Waals surface area contributed by atoms with Crippen LogP contribution in [0.15, 0.2) is 25.3 Å². The Morgan fingerprint density at radius 2 is 1.55 bits per heavy atom. The van der Waals surface area contributed by atoms with Gasteiger partial charge in [-0.2, -0.15) is 0 Å². The summed E-state index contributed by atoms with van der Waals surface area (Å²) in [4.78, 5) is 4.49. The Labute approximate surface area is 68.8 Å². The summed E-state index contributed by atoms with van der Waals surface area (Å²) in [6, 6.07) is 0. The predicted molar refractivity (Wildman–Crippen MR) is 47.8 cm³/mol. The Kier molecular flexibility index (Phi) is 3.33. The van der Waals surface area contributed by atoms with Gasteiger partial charge in [-0.25, -0.2) is 0 Å². The van der Waals surface area contributed by atoms with Crippen molar-refractivity contribution in [1.29, 1.82) is 0 Å². The fourth-order valence-electron chi connectivity index (χ4n) is 1.21. The second-order valence-electron chi connectivity index (χ2n) is 2.68. The highest BCUT2D eigenvalue weighted by molar-refractivity contribution is 4.88. The van der Waals surface area contributed by atoms with E-state index in [2.05, 4.69) is 29.6 Å². The zero-order valence-electron chi connectivity index (χ0n) is 6.87. The van der Waals surface area contributed by atoms with Crippen molar-refractivity contribution in [2.24, 2.45) is 0 Å². The number of rotatable bonds is 4. The summed E-state index contributed by atoms with van der Waals surface area (Å²) in [5.41, 5.74) is 0. The van der Waals surface area contributed by atoms with Gasteiger partial charge in [-0.1, -0.05) is 12.2 Å². The summed E-state index contributed by atoms with van der Waals surface area (Å²) in [5, 5.41) is 0. The van der Waals surface area contributed by atoms with E-state index in [1.54, 1.807) is 0 Å². The lowest BCUT2D eigenvalue weighted by Gasteiger charge is -2.13. The van der Waals surface area contributed by atoms with Gasteiger partial charge in [0.05, 0.1) is 6.67 Å². The lowest BCUT2D eigenvalue weighted by Crippen LogP contribution is -2.19. The first-order valence-electron chi connectivity index (χ1n) is 3.91. The Morgan fingerprint density at radius 1 is 1.09 bits per heavy atom. The molecule has 1 aliphatic rings. The molecule has 2 heteroatoms. The molecule has 1 rings (SSSR count). The van der Waals surface area contributed by atoms with Crippen LogP contribution in [0, 0.1) is 6.67 Å². The van der Waals surface area contributed by atoms with Crippen molar-refractivity contribution in [2.45, 2.75) is 0 Å². The molecular weight excluding hydrogens is 136 g/mol. The van der Waals surface area contributed by atoms with Crippen LogP contribution in [0.1, 0.15) is 0 Å². The van der Waals surface area contributed by atoms with E-state index in [9.17, 15) is 0 Å². The summed E-state index contributed by atoms with van der Waals surface area (Å²) in [6.45, 7) is 13.7. The van der Waals surface area contributed by atoms with Gasteiger partial charge in [0.2, 0.25) is 0 Å². The van der Waals surface area contributed by atoms with Crippen LogP contribution in [0.25, 0.3) is 0 Å². The monoisotopic (exact) mass is 151 g/mol. The van der Waals surface area contributed by atoms with E-state index >= 15 is 0 Å². The predicted octanol–water partition coefficient (Wildman–Crippen LogP) is 1.10. The highest BCUT2D eigenvalue weighted by Crippen LogP contribution is 2.08. The molecule has 0 spiro atoms. The smallest absolute Gasteiger partial charge is 0.0927 e. The standard InChI is InChI=1S/C9H15N2/c1-3-5-10-7-8-11(9-10)6-4-2/h3-4,9H,1-2,5-8H2. The molecule has 1 aliphatic heterocycles. The first-order chi connectivity index (χ1) is 5.36. The van der Waals surface area contributed by atoms with Gasteiger partial charge in [0.1, 0.15) is 0 Å². The maximum atomic E-state index is 3.69. The molecule has 1 heterocycles. The maximum absolute atomic E-state index is 3.69. The van der Waals surface area contributed by atoms with Crippen molar-refractivity contribution in [3.63, 3.8) is 0 Å². The molecule has 11 heavy (non-hydrogen) atoms. The second kappa shape index (κ2) is 4.31. The van der Waals surface area contributed by atoms with Gasteiger partial charge < -0.3 is 0 Å². The molecule has 0 atom stereocenters. The first kappa shape index (κ1) is 8.50. The molecule has 2 nitrogen and oxygen atoms in total. The molecule has 0 aromatic carbocycles. The Hall–Kier alpha value is -0.600. The van der Waals surface area contributed by atoms with Gasteiger partial charge in [-0.15, -0.1) is 13.2 Å². The van der Waals surface area contributed by atoms with Gasteiger partial charge in [0, 0.05) is 26.2 Å². The van der Waals surface area contributed by atoms with Gasteiger partial charge in [-0.05, 0) is 0 Å². The molecule has 0 unspecified atom stereocenters. The molecule has 0 N–H and O–H groups in total. The van der Waals surface area contributed by atoms with Gasteiger partial charge >= 0.3 is 0 Å². The van der Waals surface area contributed by atoms with Crippen molar-refractivity contribution in [3.8, 4) is 0 Å². The van der Waals surface area contributed by atoms with Gasteiger partial charge in [-0.3, -0.25) is 9.80 Å². The van der Waals surface area contributed by atoms with Gasteiger partial charge in [0.25, 0.3) is 0 Å². The molecule has 1 saturated heterocycles. The largest absolute Gasteiger partial charge is 0.280 e. The first-order valence-corrected chi connectivity index (χ1v) is 3.91. The quantitative estimate of drug-likeness (QED) is 0.555. The average Bonchev–Trinajstić information content (AvgIpc) is 2.38. The minimum Gasteiger partial charge on any atom is -0.280 e. The normalized spacial score (nSPS) is 20.4. The van der Waals surface area contributed by atoms with E-state index in [0.717, 1.165) is 26.2 Å². The summed E-state index contributed by atoms with van der Waals surface area (Å²) in [5.74, 6) is 0. The molecule has 0 amide bonds. The van der Waals surface area contributed by atoms with Crippen LogP contribution in [0.5, 0.6) is 0 Å². The third-order valence-corrected chi connectivity index (χ3v) is 1.73. The average molecular weight is 151 g/mol. The number of hydrogen-bond acceptors (Lipinski definition) is 2. The zero-order chi connectivity index (χ0) is 8.10. The van der Waals surface area contributed by atoms with Crippen LogP contribution in [-0.2, 0) is 0 Å². The van der Waals surface area contributed by atoms with Crippen molar-refractivity contribution < 1.29 is 0 Å². The van der Waals surface area contributed by atoms with Crippen LogP contribution in [0.4, 0.5) is 0 Å². The summed E-state index contributed by atoms with van der Waals surface area (Å²) in [7, 11) is 0. The molecule has 0 aromatic rings. The SMILES string of the molecule is C=CCN1[CH]N(CC=C)CC1. The summed E-state index contributed by atoms with van der Waals surface area (Å²) in [6.07, 6.45) is 3.85. The van der Waals surface area contributed by atoms with Crippen molar-refractivity contribution in [3.05, 3.63) is 32.0 Å². The van der Waals surface area contributed by atoms with E-state index in [-0.39, 0.29) is 0 Å². The number of hydrogen-bond donors (Lipinski definition) is 0. The van der Waals surface area contributed by atoms with Crippen molar-refractivity contribution in [1.82, 2.24) is 9.80 Å². The minimum absolute atomic E-state index is 0.952. The fourth-order valence-corrected chi connectivity index (χ4v) is 1.21. The van der Waals surface area contributed by atoms with Crippen LogP contribution in [-0.4, -0.2) is 36.0 Å². The van der Waals surface area contributed by atoms with Crippen molar-refractivity contribution in [2.75, 3.05) is 26.2 Å². The van der Waals surface area contributed by atoms with Crippen LogP contribution < -0.4 is 0 Å². The summed E-state index contributed by atoms with van der Waals surface area (Å²) < 4.78 is 0. The Balaban J connectivity index is 2.22. The molecule has 0 saturated carbocycles. The van der Waals surface area contributed by atoms with Crippen molar-refractivity contribution >= 4 is 0 Å². The highest BCUT2D eigenvalue weighted by Gasteiger charge is 2.17. The molecular formula is C9H15N2. The number of nitrogens with zero attached hydrogens (tertiary/aromatic N) is 2. The molecule has 0 aliphatic carbocycles. The third-order valence-electron chi connectivity index (χ3n) is 1.73. The van der Waals surface area contributed by atoms with Gasteiger partial charge in [0.15, 0.2) is 0 Å². The Bertz CT molecular complexity index is 126. The molecule has 0 bridgehead atoms. The lowest BCUT2D eigenvalue weighted by atomic mass is 10.5. The molecule has 1 radical (unpaired) electrons. The zero-order valence-corrected chi connectivity index (χ0v) is 6.87. The van der Waals surface area contributed by atoms with Crippen LogP contribution in [0.2, 0.25) is 0 Å². The molecule has 61 valence electrons. The summed E-state index contributed by atoms with van der Waals surface area (Å²) >= 11 is 0. The minimum atomic E-state index is 0.952. The Morgan fingerprint density at radius 3 is 1.91 bits per heavy atom. The van der Waals surface area contributed by atoms with Crippen LogP contribution in [0.3, 0.4) is 0 Å². The van der Waals surface area contributed by atoms with E-state index in [1.165, 1.54) is 0 Å².